The fraction of sp³-hybridized carbons (Fsp3) is 0.240. The van der Waals surface area contributed by atoms with Crippen LogP contribution in [0.2, 0.25) is 0 Å². The smallest absolute Gasteiger partial charge is 0.242 e. The summed E-state index contributed by atoms with van der Waals surface area (Å²) in [5.74, 6) is 0.636. The largest absolute Gasteiger partial charge is 0.360 e. The number of nitrogens with one attached hydrogen (secondary N) is 2. The molecular weight excluding hydrogens is 463 g/mol. The van der Waals surface area contributed by atoms with E-state index in [2.05, 4.69) is 25.6 Å². The van der Waals surface area contributed by atoms with Crippen molar-refractivity contribution in [1.29, 1.82) is 0 Å². The van der Waals surface area contributed by atoms with Gasteiger partial charge in [-0.3, -0.25) is 23.9 Å². The van der Waals surface area contributed by atoms with Gasteiger partial charge in [0.2, 0.25) is 11.8 Å². The van der Waals surface area contributed by atoms with E-state index < -0.39 is 0 Å². The number of carbonyl (C=O) groups excluding carboxylic acids is 2. The second kappa shape index (κ2) is 10.5. The lowest BCUT2D eigenvalue weighted by atomic mass is 10.1. The second-order valence-corrected chi connectivity index (χ2v) is 8.39. The average Bonchev–Trinajstić information content (AvgIpc) is 3.27. The summed E-state index contributed by atoms with van der Waals surface area (Å²) in [6.45, 7) is 2.57. The Balaban J connectivity index is 1.18. The number of nitrogens with zero attached hydrogens (tertiary/aromatic N) is 6. The molecular formula is C25H25FN8O2. The zero-order valence-corrected chi connectivity index (χ0v) is 19.5. The lowest BCUT2D eigenvalue weighted by Crippen LogP contribution is -2.51. The lowest BCUT2D eigenvalue weighted by Gasteiger charge is -2.34. The molecule has 11 heteroatoms. The number of rotatable bonds is 7. The molecule has 1 fully saturated rings. The van der Waals surface area contributed by atoms with E-state index in [0.717, 1.165) is 5.56 Å². The molecule has 1 aliphatic heterocycles. The van der Waals surface area contributed by atoms with Crippen molar-refractivity contribution in [3.63, 3.8) is 0 Å². The molecule has 4 aromatic rings. The van der Waals surface area contributed by atoms with Crippen molar-refractivity contribution in [3.05, 3.63) is 73.1 Å². The first kappa shape index (κ1) is 23.4. The van der Waals surface area contributed by atoms with E-state index in [4.69, 9.17) is 0 Å². The molecule has 1 aromatic carbocycles. The first-order valence-corrected chi connectivity index (χ1v) is 11.6. The van der Waals surface area contributed by atoms with Crippen LogP contribution >= 0.6 is 0 Å². The van der Waals surface area contributed by atoms with Crippen molar-refractivity contribution in [2.24, 2.45) is 0 Å². The van der Waals surface area contributed by atoms with Crippen molar-refractivity contribution in [2.45, 2.75) is 0 Å². The minimum atomic E-state index is -0.331. The summed E-state index contributed by atoms with van der Waals surface area (Å²) in [5, 5.41) is 6.00. The highest BCUT2D eigenvalue weighted by Gasteiger charge is 2.23. The third-order valence-electron chi connectivity index (χ3n) is 5.98. The van der Waals surface area contributed by atoms with Gasteiger partial charge in [-0.2, -0.15) is 0 Å². The van der Waals surface area contributed by atoms with E-state index in [1.54, 1.807) is 54.0 Å². The normalized spacial score (nSPS) is 14.1. The highest BCUT2D eigenvalue weighted by molar-refractivity contribution is 5.91. The molecule has 1 saturated heterocycles. The number of amides is 2. The topological polar surface area (TPSA) is 108 Å². The van der Waals surface area contributed by atoms with Gasteiger partial charge in [0.1, 0.15) is 23.1 Å². The Morgan fingerprint density at radius 1 is 1.00 bits per heavy atom. The van der Waals surface area contributed by atoms with Gasteiger partial charge in [0, 0.05) is 50.3 Å². The van der Waals surface area contributed by atoms with Crippen molar-refractivity contribution < 1.29 is 14.0 Å². The van der Waals surface area contributed by atoms with Gasteiger partial charge in [0.15, 0.2) is 5.65 Å². The highest BCUT2D eigenvalue weighted by atomic mass is 19.1. The molecule has 2 N–H and O–H groups in total. The third kappa shape index (κ3) is 5.31. The van der Waals surface area contributed by atoms with Crippen molar-refractivity contribution in [3.8, 4) is 11.3 Å². The molecule has 3 aromatic heterocycles. The van der Waals surface area contributed by atoms with Crippen LogP contribution in [0.3, 0.4) is 0 Å². The first-order chi connectivity index (χ1) is 17.6. The predicted molar refractivity (Wildman–Crippen MR) is 133 cm³/mol. The number of halogens is 1. The number of imidazole rings is 1. The van der Waals surface area contributed by atoms with E-state index in [9.17, 15) is 14.0 Å². The number of hydrogen-bond donors (Lipinski definition) is 2. The van der Waals surface area contributed by atoms with E-state index >= 15 is 0 Å². The molecule has 0 radical (unpaired) electrons. The number of fused-ring (bicyclic) bond motifs is 1. The molecule has 4 heterocycles. The summed E-state index contributed by atoms with van der Waals surface area (Å²) in [7, 11) is 0. The van der Waals surface area contributed by atoms with Crippen LogP contribution in [0.25, 0.3) is 16.9 Å². The Morgan fingerprint density at radius 2 is 1.81 bits per heavy atom. The van der Waals surface area contributed by atoms with Crippen LogP contribution in [-0.2, 0) is 9.59 Å². The number of aromatic nitrogens is 4. The summed E-state index contributed by atoms with van der Waals surface area (Å²) in [5.41, 5.74) is 1.96. The van der Waals surface area contributed by atoms with Crippen LogP contribution in [0.5, 0.6) is 0 Å². The van der Waals surface area contributed by atoms with Gasteiger partial charge < -0.3 is 15.5 Å². The maximum absolute atomic E-state index is 13.4. The maximum Gasteiger partial charge on any atom is 0.242 e. The summed E-state index contributed by atoms with van der Waals surface area (Å²) in [6.07, 6.45) is 6.65. The zero-order chi connectivity index (χ0) is 24.9. The molecule has 0 aliphatic carbocycles. The van der Waals surface area contributed by atoms with Gasteiger partial charge >= 0.3 is 0 Å². The van der Waals surface area contributed by atoms with E-state index in [-0.39, 0.29) is 30.7 Å². The van der Waals surface area contributed by atoms with E-state index in [1.807, 2.05) is 15.4 Å². The van der Waals surface area contributed by atoms with Gasteiger partial charge in [-0.05, 0) is 36.4 Å². The van der Waals surface area contributed by atoms with Crippen LogP contribution < -0.4 is 10.6 Å². The number of carbonyl (C=O) groups is 2. The number of pyridine rings is 1. The number of anilines is 2. The Hall–Kier alpha value is -4.38. The fourth-order valence-corrected chi connectivity index (χ4v) is 4.13. The van der Waals surface area contributed by atoms with Crippen LogP contribution in [0, 0.1) is 5.82 Å². The van der Waals surface area contributed by atoms with Crippen molar-refractivity contribution in [2.75, 3.05) is 49.9 Å². The monoisotopic (exact) mass is 488 g/mol. The molecule has 1 aliphatic rings. The Bertz CT molecular complexity index is 1350. The average molecular weight is 489 g/mol. The lowest BCUT2D eigenvalue weighted by molar-refractivity contribution is -0.131. The van der Waals surface area contributed by atoms with E-state index in [1.165, 1.54) is 12.1 Å². The Morgan fingerprint density at radius 3 is 2.56 bits per heavy atom. The van der Waals surface area contributed by atoms with Gasteiger partial charge in [-0.15, -0.1) is 0 Å². The molecule has 0 unspecified atom stereocenters. The van der Waals surface area contributed by atoms with Gasteiger partial charge in [0.25, 0.3) is 0 Å². The SMILES string of the molecule is O=C(CN1CCN(C(=O)CNc2c(-c3ccc(F)cc3)nc3cnccn23)CC1)Nc1ccccn1. The zero-order valence-electron chi connectivity index (χ0n) is 19.5. The first-order valence-electron chi connectivity index (χ1n) is 11.6. The molecule has 2 amide bonds. The molecule has 0 spiro atoms. The predicted octanol–water partition coefficient (Wildman–Crippen LogP) is 2.13. The minimum absolute atomic E-state index is 0.0540. The van der Waals surface area contributed by atoms with Crippen LogP contribution in [0.1, 0.15) is 0 Å². The fourth-order valence-electron chi connectivity index (χ4n) is 4.13. The standard InChI is InChI=1S/C25H25FN8O2/c26-19-6-4-18(5-7-19)24-25(34-10-9-27-15-21(34)31-24)29-16-23(36)33-13-11-32(12-14-33)17-22(35)30-20-3-1-2-8-28-20/h1-10,15,29H,11-14,16-17H2,(H,28,30,35). The Labute approximate surface area is 206 Å². The Kier molecular flexibility index (Phi) is 6.80. The molecule has 0 atom stereocenters. The summed E-state index contributed by atoms with van der Waals surface area (Å²) in [6, 6.07) is 11.4. The van der Waals surface area contributed by atoms with Crippen LogP contribution in [0.15, 0.2) is 67.3 Å². The van der Waals surface area contributed by atoms with Gasteiger partial charge in [-0.1, -0.05) is 6.07 Å². The third-order valence-corrected chi connectivity index (χ3v) is 5.98. The van der Waals surface area contributed by atoms with Crippen molar-refractivity contribution in [1.82, 2.24) is 29.2 Å². The number of benzene rings is 1. The summed E-state index contributed by atoms with van der Waals surface area (Å²) < 4.78 is 15.2. The number of hydrogen-bond acceptors (Lipinski definition) is 7. The highest BCUT2D eigenvalue weighted by Crippen LogP contribution is 2.28. The molecule has 184 valence electrons. The molecule has 0 saturated carbocycles. The summed E-state index contributed by atoms with van der Waals surface area (Å²) >= 11 is 0. The minimum Gasteiger partial charge on any atom is -0.360 e. The molecule has 0 bridgehead atoms. The molecule has 36 heavy (non-hydrogen) atoms. The second-order valence-electron chi connectivity index (χ2n) is 8.39. The summed E-state index contributed by atoms with van der Waals surface area (Å²) in [4.78, 5) is 41.9. The molecule has 5 rings (SSSR count). The molecule has 10 nitrogen and oxygen atoms in total. The van der Waals surface area contributed by atoms with Gasteiger partial charge in [-0.25, -0.2) is 14.4 Å². The van der Waals surface area contributed by atoms with Crippen LogP contribution in [-0.4, -0.2) is 80.2 Å². The number of piperazine rings is 1. The quantitative estimate of drug-likeness (QED) is 0.410. The maximum atomic E-state index is 13.4. The van der Waals surface area contributed by atoms with Crippen LogP contribution in [0.4, 0.5) is 16.0 Å². The van der Waals surface area contributed by atoms with E-state index in [0.29, 0.717) is 49.2 Å². The van der Waals surface area contributed by atoms with Gasteiger partial charge in [0.05, 0.1) is 19.3 Å². The van der Waals surface area contributed by atoms with Crippen molar-refractivity contribution >= 4 is 29.1 Å².